The van der Waals surface area contributed by atoms with E-state index in [1.807, 2.05) is 16.7 Å². The van der Waals surface area contributed by atoms with E-state index in [0.29, 0.717) is 12.0 Å². The SMILES string of the molecule is CCCCc1ccc2c(c1)c(-c1ccc(C(N)=O)c(NC3CCC(O)CC3)c1)c1n2C(=O)CCC1. The first kappa shape index (κ1) is 23.6. The monoisotopic (exact) mass is 473 g/mol. The molecule has 184 valence electrons. The normalized spacial score (nSPS) is 20.1. The molecule has 0 atom stereocenters. The van der Waals surface area contributed by atoms with Gasteiger partial charge in [-0.15, -0.1) is 0 Å². The molecule has 0 saturated heterocycles. The predicted molar refractivity (Wildman–Crippen MR) is 140 cm³/mol. The molecule has 0 bridgehead atoms. The Balaban J connectivity index is 1.63. The van der Waals surface area contributed by atoms with Gasteiger partial charge < -0.3 is 16.2 Å². The highest BCUT2D eigenvalue weighted by Crippen LogP contribution is 2.40. The van der Waals surface area contributed by atoms with Gasteiger partial charge in [0.05, 0.1) is 17.2 Å². The second-order valence-corrected chi connectivity index (χ2v) is 10.1. The van der Waals surface area contributed by atoms with Crippen molar-refractivity contribution < 1.29 is 14.7 Å². The summed E-state index contributed by atoms with van der Waals surface area (Å²) in [6.45, 7) is 2.20. The van der Waals surface area contributed by atoms with E-state index >= 15 is 0 Å². The lowest BCUT2D eigenvalue weighted by Gasteiger charge is -2.28. The zero-order chi connectivity index (χ0) is 24.5. The van der Waals surface area contributed by atoms with Crippen LogP contribution in [-0.4, -0.2) is 33.6 Å². The van der Waals surface area contributed by atoms with E-state index < -0.39 is 5.91 Å². The maximum Gasteiger partial charge on any atom is 0.250 e. The average molecular weight is 474 g/mol. The van der Waals surface area contributed by atoms with Crippen molar-refractivity contribution in [3.05, 3.63) is 53.2 Å². The van der Waals surface area contributed by atoms with E-state index in [1.54, 1.807) is 6.07 Å². The molecule has 1 aliphatic carbocycles. The Labute approximate surface area is 206 Å². The number of aliphatic hydroxyl groups excluding tert-OH is 1. The van der Waals surface area contributed by atoms with Crippen LogP contribution in [-0.2, 0) is 12.8 Å². The number of rotatable bonds is 7. The first-order valence-corrected chi connectivity index (χ1v) is 13.0. The summed E-state index contributed by atoms with van der Waals surface area (Å²) in [6.07, 6.45) is 8.51. The first-order valence-electron chi connectivity index (χ1n) is 13.0. The molecule has 4 N–H and O–H groups in total. The smallest absolute Gasteiger partial charge is 0.250 e. The molecule has 0 unspecified atom stereocenters. The van der Waals surface area contributed by atoms with Gasteiger partial charge in [0.1, 0.15) is 0 Å². The molecule has 2 aromatic carbocycles. The molecule has 6 nitrogen and oxygen atoms in total. The van der Waals surface area contributed by atoms with Gasteiger partial charge in [0, 0.05) is 34.8 Å². The van der Waals surface area contributed by atoms with Crippen LogP contribution in [0.4, 0.5) is 5.69 Å². The number of nitrogens with one attached hydrogen (secondary N) is 1. The van der Waals surface area contributed by atoms with Crippen LogP contribution < -0.4 is 11.1 Å². The Morgan fingerprint density at radius 1 is 1.11 bits per heavy atom. The number of amides is 1. The van der Waals surface area contributed by atoms with E-state index in [1.165, 1.54) is 5.56 Å². The number of nitrogens with two attached hydrogens (primary N) is 1. The molecule has 1 aromatic heterocycles. The fraction of sp³-hybridized carbons (Fsp3) is 0.448. The lowest BCUT2D eigenvalue weighted by atomic mass is 9.92. The van der Waals surface area contributed by atoms with Crippen molar-refractivity contribution in [3.8, 4) is 11.1 Å². The van der Waals surface area contributed by atoms with Gasteiger partial charge in [0.2, 0.25) is 5.91 Å². The number of hydrogen-bond donors (Lipinski definition) is 3. The van der Waals surface area contributed by atoms with Crippen molar-refractivity contribution in [2.24, 2.45) is 5.73 Å². The van der Waals surface area contributed by atoms with Gasteiger partial charge in [-0.2, -0.15) is 0 Å². The highest BCUT2D eigenvalue weighted by molar-refractivity contribution is 6.06. The van der Waals surface area contributed by atoms with Crippen molar-refractivity contribution in [2.45, 2.75) is 83.3 Å². The zero-order valence-corrected chi connectivity index (χ0v) is 20.5. The van der Waals surface area contributed by atoms with E-state index in [4.69, 9.17) is 5.73 Å². The number of aromatic nitrogens is 1. The molecular formula is C29H35N3O3. The zero-order valence-electron chi connectivity index (χ0n) is 20.5. The van der Waals surface area contributed by atoms with E-state index in [2.05, 4.69) is 30.4 Å². The summed E-state index contributed by atoms with van der Waals surface area (Å²) < 4.78 is 1.91. The van der Waals surface area contributed by atoms with Crippen LogP contribution in [0.3, 0.4) is 0 Å². The Hall–Kier alpha value is -3.12. The van der Waals surface area contributed by atoms with Gasteiger partial charge in [0.25, 0.3) is 5.91 Å². The third-order valence-corrected chi connectivity index (χ3v) is 7.63. The molecule has 2 heterocycles. The van der Waals surface area contributed by atoms with Crippen molar-refractivity contribution in [2.75, 3.05) is 5.32 Å². The van der Waals surface area contributed by atoms with Crippen molar-refractivity contribution in [1.82, 2.24) is 4.57 Å². The minimum Gasteiger partial charge on any atom is -0.393 e. The number of anilines is 1. The molecule has 1 amide bonds. The molecule has 1 saturated carbocycles. The Morgan fingerprint density at radius 2 is 1.91 bits per heavy atom. The van der Waals surface area contributed by atoms with Crippen molar-refractivity contribution in [1.29, 1.82) is 0 Å². The quantitative estimate of drug-likeness (QED) is 0.425. The van der Waals surface area contributed by atoms with E-state index in [-0.39, 0.29) is 18.1 Å². The van der Waals surface area contributed by atoms with Gasteiger partial charge >= 0.3 is 0 Å². The van der Waals surface area contributed by atoms with Gasteiger partial charge in [-0.25, -0.2) is 0 Å². The molecule has 2 aliphatic rings. The summed E-state index contributed by atoms with van der Waals surface area (Å²) in [4.78, 5) is 25.2. The predicted octanol–water partition coefficient (Wildman–Crippen LogP) is 5.44. The number of primary amides is 1. The fourth-order valence-corrected chi connectivity index (χ4v) is 5.76. The van der Waals surface area contributed by atoms with Crippen LogP contribution in [0.2, 0.25) is 0 Å². The number of carbonyl (C=O) groups is 2. The Bertz CT molecular complexity index is 1270. The summed E-state index contributed by atoms with van der Waals surface area (Å²) in [5, 5.41) is 14.5. The van der Waals surface area contributed by atoms with Gasteiger partial charge in [-0.3, -0.25) is 14.2 Å². The van der Waals surface area contributed by atoms with E-state index in [9.17, 15) is 14.7 Å². The van der Waals surface area contributed by atoms with Crippen LogP contribution in [0.1, 0.15) is 84.7 Å². The Morgan fingerprint density at radius 3 is 2.66 bits per heavy atom. The molecular weight excluding hydrogens is 438 g/mol. The summed E-state index contributed by atoms with van der Waals surface area (Å²) in [6, 6.07) is 12.5. The summed E-state index contributed by atoms with van der Waals surface area (Å²) in [7, 11) is 0. The molecule has 0 spiro atoms. The van der Waals surface area contributed by atoms with Crippen LogP contribution in [0, 0.1) is 0 Å². The molecule has 5 rings (SSSR count). The van der Waals surface area contributed by atoms with E-state index in [0.717, 1.165) is 91.2 Å². The third-order valence-electron chi connectivity index (χ3n) is 7.63. The largest absolute Gasteiger partial charge is 0.393 e. The van der Waals surface area contributed by atoms with Crippen LogP contribution in [0.15, 0.2) is 36.4 Å². The molecule has 1 aliphatic heterocycles. The number of carbonyl (C=O) groups excluding carboxylic acids is 2. The second kappa shape index (κ2) is 9.86. The molecule has 35 heavy (non-hydrogen) atoms. The highest BCUT2D eigenvalue weighted by atomic mass is 16.3. The number of fused-ring (bicyclic) bond motifs is 3. The van der Waals surface area contributed by atoms with Crippen LogP contribution in [0.5, 0.6) is 0 Å². The number of benzene rings is 2. The topological polar surface area (TPSA) is 97.3 Å². The number of aryl methyl sites for hydroxylation is 1. The first-order chi connectivity index (χ1) is 17.0. The number of hydrogen-bond acceptors (Lipinski definition) is 4. The molecule has 1 fully saturated rings. The van der Waals surface area contributed by atoms with Crippen LogP contribution in [0.25, 0.3) is 22.0 Å². The van der Waals surface area contributed by atoms with Gasteiger partial charge in [-0.05, 0) is 86.8 Å². The van der Waals surface area contributed by atoms with Crippen molar-refractivity contribution >= 4 is 28.4 Å². The van der Waals surface area contributed by atoms with Gasteiger partial charge in [0.15, 0.2) is 0 Å². The standard InChI is InChI=1S/C29H35N3O3/c1-2-3-5-18-8-15-25-23(16-18)28(26-6-4-7-27(34)32(25)26)19-9-14-22(29(30)35)24(17-19)31-20-10-12-21(33)13-11-20/h8-9,14-17,20-21,31,33H,2-7,10-13H2,1H3,(H2,30,35). The molecule has 3 aromatic rings. The lowest BCUT2D eigenvalue weighted by Crippen LogP contribution is -2.29. The third kappa shape index (κ3) is 4.59. The number of nitrogens with zero attached hydrogens (tertiary/aromatic N) is 1. The number of aliphatic hydroxyl groups is 1. The Kier molecular flexibility index (Phi) is 6.65. The maximum absolute atomic E-state index is 13.0. The minimum atomic E-state index is -0.462. The summed E-state index contributed by atoms with van der Waals surface area (Å²) >= 11 is 0. The number of unbranched alkanes of at least 4 members (excludes halogenated alkanes) is 1. The second-order valence-electron chi connectivity index (χ2n) is 10.1. The summed E-state index contributed by atoms with van der Waals surface area (Å²) in [5.74, 6) is -0.313. The fourth-order valence-electron chi connectivity index (χ4n) is 5.76. The molecule has 6 heteroatoms. The van der Waals surface area contributed by atoms with Crippen LogP contribution >= 0.6 is 0 Å². The minimum absolute atomic E-state index is 0.150. The summed E-state index contributed by atoms with van der Waals surface area (Å²) in [5.41, 5.74) is 12.3. The molecule has 0 radical (unpaired) electrons. The lowest BCUT2D eigenvalue weighted by molar-refractivity contribution is 0.0889. The highest BCUT2D eigenvalue weighted by Gasteiger charge is 2.27. The maximum atomic E-state index is 13.0. The van der Waals surface area contributed by atoms with Crippen molar-refractivity contribution in [3.63, 3.8) is 0 Å². The van der Waals surface area contributed by atoms with Gasteiger partial charge in [-0.1, -0.05) is 25.5 Å². The average Bonchev–Trinajstić information content (AvgIpc) is 3.18.